The number of rotatable bonds is 4. The van der Waals surface area contributed by atoms with E-state index < -0.39 is 0 Å². The first-order valence-electron chi connectivity index (χ1n) is 8.11. The molecule has 1 aliphatic heterocycles. The molecule has 0 N–H and O–H groups in total. The van der Waals surface area contributed by atoms with Gasteiger partial charge in [0.25, 0.3) is 0 Å². The normalized spacial score (nSPS) is 18.0. The number of amides is 1. The Kier molecular flexibility index (Phi) is 5.21. The quantitative estimate of drug-likeness (QED) is 0.848. The van der Waals surface area contributed by atoms with Gasteiger partial charge in [0.2, 0.25) is 5.91 Å². The van der Waals surface area contributed by atoms with E-state index in [0.29, 0.717) is 37.6 Å². The van der Waals surface area contributed by atoms with Gasteiger partial charge in [-0.25, -0.2) is 0 Å². The molecule has 1 aromatic carbocycles. The van der Waals surface area contributed by atoms with Crippen LogP contribution in [0.25, 0.3) is 0 Å². The molecule has 5 nitrogen and oxygen atoms in total. The predicted octanol–water partition coefficient (Wildman–Crippen LogP) is 3.48. The van der Waals surface area contributed by atoms with Crippen molar-refractivity contribution < 1.29 is 14.1 Å². The monoisotopic (exact) mass is 348 g/mol. The lowest BCUT2D eigenvalue weighted by Gasteiger charge is -2.33. The van der Waals surface area contributed by atoms with Gasteiger partial charge in [-0.3, -0.25) is 4.79 Å². The lowest BCUT2D eigenvalue weighted by molar-refractivity contribution is -0.139. The largest absolute Gasteiger partial charge is 0.370 e. The Labute approximate surface area is 146 Å². The summed E-state index contributed by atoms with van der Waals surface area (Å²) < 4.78 is 11.0. The first-order chi connectivity index (χ1) is 11.5. The van der Waals surface area contributed by atoms with Crippen LogP contribution < -0.4 is 0 Å². The number of ether oxygens (including phenoxy) is 1. The molecule has 3 rings (SSSR count). The zero-order valence-corrected chi connectivity index (χ0v) is 14.7. The van der Waals surface area contributed by atoms with Crippen molar-refractivity contribution in [1.29, 1.82) is 0 Å². The van der Waals surface area contributed by atoms with Gasteiger partial charge < -0.3 is 14.2 Å². The average Bonchev–Trinajstić information content (AvgIpc) is 2.92. The maximum Gasteiger partial charge on any atom is 0.223 e. The van der Waals surface area contributed by atoms with Crippen molar-refractivity contribution in [2.45, 2.75) is 32.8 Å². The summed E-state index contributed by atoms with van der Waals surface area (Å²) in [5, 5.41) is 4.63. The summed E-state index contributed by atoms with van der Waals surface area (Å²) in [4.78, 5) is 14.4. The zero-order valence-electron chi connectivity index (χ0n) is 13.9. The molecule has 0 spiro atoms. The minimum atomic E-state index is -0.0981. The molecule has 6 heteroatoms. The van der Waals surface area contributed by atoms with Crippen molar-refractivity contribution in [2.24, 2.45) is 0 Å². The van der Waals surface area contributed by atoms with Crippen LogP contribution in [-0.4, -0.2) is 35.7 Å². The van der Waals surface area contributed by atoms with Crippen molar-refractivity contribution in [2.75, 3.05) is 19.7 Å². The highest BCUT2D eigenvalue weighted by Crippen LogP contribution is 2.24. The Bertz CT molecular complexity index is 692. The van der Waals surface area contributed by atoms with Gasteiger partial charge in [-0.15, -0.1) is 0 Å². The molecule has 0 radical (unpaired) electrons. The number of aryl methyl sites for hydroxylation is 2. The van der Waals surface area contributed by atoms with Gasteiger partial charge in [-0.05, 0) is 38.0 Å². The number of halogens is 1. The SMILES string of the molecule is Cc1noc(C)c1CCC(=O)N1CCO[C@H](c2ccc(Cl)cc2)C1. The van der Waals surface area contributed by atoms with Crippen LogP contribution in [0.5, 0.6) is 0 Å². The lowest BCUT2D eigenvalue weighted by Crippen LogP contribution is -2.42. The maximum atomic E-state index is 12.5. The van der Waals surface area contributed by atoms with E-state index >= 15 is 0 Å². The van der Waals surface area contributed by atoms with Gasteiger partial charge >= 0.3 is 0 Å². The summed E-state index contributed by atoms with van der Waals surface area (Å²) in [6.45, 7) is 5.53. The van der Waals surface area contributed by atoms with E-state index in [4.69, 9.17) is 20.9 Å². The molecule has 1 aliphatic rings. The third-order valence-electron chi connectivity index (χ3n) is 4.43. The van der Waals surface area contributed by atoms with Crippen molar-refractivity contribution >= 4 is 17.5 Å². The van der Waals surface area contributed by atoms with E-state index in [-0.39, 0.29) is 12.0 Å². The summed E-state index contributed by atoms with van der Waals surface area (Å²) in [6.07, 6.45) is 1.01. The Morgan fingerprint density at radius 3 is 2.75 bits per heavy atom. The van der Waals surface area contributed by atoms with Crippen LogP contribution in [0.15, 0.2) is 28.8 Å². The van der Waals surface area contributed by atoms with Crippen LogP contribution in [0.1, 0.15) is 35.1 Å². The van der Waals surface area contributed by atoms with E-state index in [9.17, 15) is 4.79 Å². The highest BCUT2D eigenvalue weighted by molar-refractivity contribution is 6.30. The molecule has 1 amide bonds. The second-order valence-corrected chi connectivity index (χ2v) is 6.49. The smallest absolute Gasteiger partial charge is 0.223 e. The zero-order chi connectivity index (χ0) is 17.1. The van der Waals surface area contributed by atoms with Crippen LogP contribution >= 0.6 is 11.6 Å². The fourth-order valence-corrected chi connectivity index (χ4v) is 3.13. The van der Waals surface area contributed by atoms with E-state index in [0.717, 1.165) is 22.6 Å². The minimum absolute atomic E-state index is 0.0981. The van der Waals surface area contributed by atoms with Gasteiger partial charge in [0, 0.05) is 23.6 Å². The lowest BCUT2D eigenvalue weighted by atomic mass is 10.1. The summed E-state index contributed by atoms with van der Waals surface area (Å²) in [6, 6.07) is 7.59. The Morgan fingerprint density at radius 1 is 1.33 bits per heavy atom. The number of nitrogens with zero attached hydrogens (tertiary/aromatic N) is 2. The predicted molar refractivity (Wildman–Crippen MR) is 91.0 cm³/mol. The summed E-state index contributed by atoms with van der Waals surface area (Å²) in [5.41, 5.74) is 2.94. The van der Waals surface area contributed by atoms with Crippen molar-refractivity contribution in [1.82, 2.24) is 10.1 Å². The third-order valence-corrected chi connectivity index (χ3v) is 4.68. The number of morpholine rings is 1. The molecule has 1 aromatic heterocycles. The number of benzene rings is 1. The van der Waals surface area contributed by atoms with Crippen LogP contribution in [0.3, 0.4) is 0 Å². The van der Waals surface area contributed by atoms with Gasteiger partial charge in [-0.2, -0.15) is 0 Å². The highest BCUT2D eigenvalue weighted by atomic mass is 35.5. The van der Waals surface area contributed by atoms with Crippen molar-refractivity contribution in [3.8, 4) is 0 Å². The molecule has 0 saturated carbocycles. The molecule has 0 unspecified atom stereocenters. The molecule has 1 fully saturated rings. The first-order valence-corrected chi connectivity index (χ1v) is 8.49. The number of aromatic nitrogens is 1. The number of hydrogen-bond acceptors (Lipinski definition) is 4. The third kappa shape index (κ3) is 3.79. The van der Waals surface area contributed by atoms with Crippen LogP contribution in [0, 0.1) is 13.8 Å². The number of hydrogen-bond donors (Lipinski definition) is 0. The molecular formula is C18H21ClN2O3. The van der Waals surface area contributed by atoms with Gasteiger partial charge in [0.1, 0.15) is 11.9 Å². The van der Waals surface area contributed by atoms with E-state index in [1.807, 2.05) is 43.0 Å². The molecule has 0 aliphatic carbocycles. The standard InChI is InChI=1S/C18H21ClN2O3/c1-12-16(13(2)24-20-12)7-8-18(22)21-9-10-23-17(11-21)14-3-5-15(19)6-4-14/h3-6,17H,7-11H2,1-2H3/t17-/m0/s1. The molecule has 2 heterocycles. The van der Waals surface area contributed by atoms with Gasteiger partial charge in [0.05, 0.1) is 18.8 Å². The molecule has 128 valence electrons. The van der Waals surface area contributed by atoms with E-state index in [2.05, 4.69) is 5.16 Å². The molecular weight excluding hydrogens is 328 g/mol. The average molecular weight is 349 g/mol. The minimum Gasteiger partial charge on any atom is -0.370 e. The second-order valence-electron chi connectivity index (χ2n) is 6.05. The van der Waals surface area contributed by atoms with Crippen LogP contribution in [0.2, 0.25) is 5.02 Å². The summed E-state index contributed by atoms with van der Waals surface area (Å²) in [7, 11) is 0. The van der Waals surface area contributed by atoms with Crippen molar-refractivity contribution in [3.63, 3.8) is 0 Å². The van der Waals surface area contributed by atoms with Crippen LogP contribution in [-0.2, 0) is 16.0 Å². The van der Waals surface area contributed by atoms with Gasteiger partial charge in [0.15, 0.2) is 0 Å². The van der Waals surface area contributed by atoms with E-state index in [1.165, 1.54) is 0 Å². The fraction of sp³-hybridized carbons (Fsp3) is 0.444. The second kappa shape index (κ2) is 7.36. The summed E-state index contributed by atoms with van der Waals surface area (Å²) in [5.74, 6) is 0.929. The fourth-order valence-electron chi connectivity index (χ4n) is 3.00. The molecule has 0 bridgehead atoms. The Hall–Kier alpha value is -1.85. The first kappa shape index (κ1) is 17.0. The van der Waals surface area contributed by atoms with E-state index in [1.54, 1.807) is 0 Å². The Morgan fingerprint density at radius 2 is 2.08 bits per heavy atom. The van der Waals surface area contributed by atoms with Crippen LogP contribution in [0.4, 0.5) is 0 Å². The maximum absolute atomic E-state index is 12.5. The molecule has 1 saturated heterocycles. The summed E-state index contributed by atoms with van der Waals surface area (Å²) >= 11 is 5.93. The topological polar surface area (TPSA) is 55.6 Å². The Balaban J connectivity index is 1.60. The molecule has 2 aromatic rings. The van der Waals surface area contributed by atoms with Crippen molar-refractivity contribution in [3.05, 3.63) is 51.9 Å². The molecule has 24 heavy (non-hydrogen) atoms. The molecule has 1 atom stereocenters. The van der Waals surface area contributed by atoms with Gasteiger partial charge in [-0.1, -0.05) is 28.9 Å². The highest BCUT2D eigenvalue weighted by Gasteiger charge is 2.25. The number of carbonyl (C=O) groups is 1. The number of carbonyl (C=O) groups excluding carboxylic acids is 1.